The largest absolute Gasteiger partial charge is 0.481 e. The van der Waals surface area contributed by atoms with Gasteiger partial charge in [0.15, 0.2) is 12.2 Å². The quantitative estimate of drug-likeness (QED) is 0.886. The minimum atomic E-state index is -0.885. The molecule has 1 aliphatic rings. The zero-order valence-electron chi connectivity index (χ0n) is 12.8. The van der Waals surface area contributed by atoms with Crippen LogP contribution in [0.1, 0.15) is 30.1 Å². The lowest BCUT2D eigenvalue weighted by Gasteiger charge is -2.24. The van der Waals surface area contributed by atoms with Gasteiger partial charge in [-0.25, -0.2) is 4.98 Å². The van der Waals surface area contributed by atoms with E-state index in [0.29, 0.717) is 11.3 Å². The first-order valence-electron chi connectivity index (χ1n) is 7.59. The number of aromatic nitrogens is 1. The number of hydrogen-bond donors (Lipinski definition) is 1. The number of rotatable bonds is 6. The fourth-order valence-corrected chi connectivity index (χ4v) is 2.46. The fourth-order valence-electron chi connectivity index (χ4n) is 2.46. The van der Waals surface area contributed by atoms with Crippen molar-refractivity contribution in [2.45, 2.75) is 25.8 Å². The van der Waals surface area contributed by atoms with Gasteiger partial charge in [0.1, 0.15) is 0 Å². The number of hydrogen-bond acceptors (Lipinski definition) is 4. The van der Waals surface area contributed by atoms with Crippen LogP contribution in [0.4, 0.5) is 0 Å². The molecule has 23 heavy (non-hydrogen) atoms. The van der Waals surface area contributed by atoms with Crippen molar-refractivity contribution in [3.8, 4) is 11.3 Å². The lowest BCUT2D eigenvalue weighted by atomic mass is 10.1. The number of aliphatic carboxylic acids is 1. The number of oxazole rings is 1. The highest BCUT2D eigenvalue weighted by Gasteiger charge is 2.34. The molecule has 0 saturated heterocycles. The Balaban J connectivity index is 1.76. The van der Waals surface area contributed by atoms with Gasteiger partial charge in [-0.2, -0.15) is 0 Å². The molecule has 0 radical (unpaired) electrons. The summed E-state index contributed by atoms with van der Waals surface area (Å²) in [5.41, 5.74) is 1.40. The number of carboxylic acid groups (broad SMARTS) is 1. The average Bonchev–Trinajstić information content (AvgIpc) is 3.25. The van der Waals surface area contributed by atoms with E-state index in [1.54, 1.807) is 42.3 Å². The maximum Gasteiger partial charge on any atom is 0.308 e. The van der Waals surface area contributed by atoms with E-state index in [1.807, 2.05) is 0 Å². The number of nitrogens with zero attached hydrogens (tertiary/aromatic N) is 2. The van der Waals surface area contributed by atoms with Crippen molar-refractivity contribution in [1.29, 1.82) is 0 Å². The third-order valence-electron chi connectivity index (χ3n) is 3.99. The van der Waals surface area contributed by atoms with Crippen molar-refractivity contribution in [1.82, 2.24) is 9.88 Å². The molecule has 1 aromatic carbocycles. The van der Waals surface area contributed by atoms with Crippen LogP contribution in [0.3, 0.4) is 0 Å². The van der Waals surface area contributed by atoms with E-state index < -0.39 is 11.9 Å². The van der Waals surface area contributed by atoms with Gasteiger partial charge in [0.05, 0.1) is 12.1 Å². The van der Waals surface area contributed by atoms with Crippen molar-refractivity contribution < 1.29 is 19.1 Å². The highest BCUT2D eigenvalue weighted by atomic mass is 16.4. The normalized spacial score (nSPS) is 15.2. The maximum atomic E-state index is 12.7. The summed E-state index contributed by atoms with van der Waals surface area (Å²) >= 11 is 0. The minimum Gasteiger partial charge on any atom is -0.481 e. The van der Waals surface area contributed by atoms with Crippen LogP contribution in [0.25, 0.3) is 11.3 Å². The molecule has 6 nitrogen and oxygen atoms in total. The first-order valence-corrected chi connectivity index (χ1v) is 7.59. The van der Waals surface area contributed by atoms with Gasteiger partial charge in [-0.15, -0.1) is 0 Å². The Morgan fingerprint density at radius 1 is 1.35 bits per heavy atom. The van der Waals surface area contributed by atoms with Gasteiger partial charge in [-0.05, 0) is 25.0 Å². The Kier molecular flexibility index (Phi) is 4.14. The van der Waals surface area contributed by atoms with E-state index in [2.05, 4.69) is 4.98 Å². The molecule has 1 aliphatic carbocycles. The minimum absolute atomic E-state index is 0.121. The van der Waals surface area contributed by atoms with Crippen molar-refractivity contribution in [2.75, 3.05) is 6.54 Å². The molecule has 1 fully saturated rings. The molecule has 6 heteroatoms. The Hall–Kier alpha value is -2.63. The number of carboxylic acids is 1. The second-order valence-corrected chi connectivity index (χ2v) is 5.87. The van der Waals surface area contributed by atoms with E-state index in [1.165, 1.54) is 6.39 Å². The third-order valence-corrected chi connectivity index (χ3v) is 3.99. The average molecular weight is 314 g/mol. The Morgan fingerprint density at radius 3 is 2.57 bits per heavy atom. The van der Waals surface area contributed by atoms with Crippen LogP contribution in [0, 0.1) is 5.92 Å². The summed E-state index contributed by atoms with van der Waals surface area (Å²) in [6, 6.07) is 7.25. The summed E-state index contributed by atoms with van der Waals surface area (Å²) in [6.45, 7) is 1.86. The predicted molar refractivity (Wildman–Crippen MR) is 82.8 cm³/mol. The van der Waals surface area contributed by atoms with Crippen LogP contribution in [-0.4, -0.2) is 39.5 Å². The smallest absolute Gasteiger partial charge is 0.308 e. The Morgan fingerprint density at radius 2 is 2.04 bits per heavy atom. The number of carbonyl (C=O) groups is 2. The van der Waals surface area contributed by atoms with E-state index in [9.17, 15) is 9.59 Å². The number of carbonyl (C=O) groups excluding carboxylic acids is 1. The maximum absolute atomic E-state index is 12.7. The Labute approximate surface area is 133 Å². The van der Waals surface area contributed by atoms with Crippen LogP contribution >= 0.6 is 0 Å². The van der Waals surface area contributed by atoms with Gasteiger partial charge in [-0.3, -0.25) is 9.59 Å². The fraction of sp³-hybridized carbons (Fsp3) is 0.353. The second-order valence-electron chi connectivity index (χ2n) is 5.87. The van der Waals surface area contributed by atoms with Crippen LogP contribution < -0.4 is 0 Å². The molecule has 1 unspecified atom stereocenters. The molecule has 1 amide bonds. The molecule has 1 heterocycles. The van der Waals surface area contributed by atoms with Crippen LogP contribution in [0.5, 0.6) is 0 Å². The third kappa shape index (κ3) is 3.41. The van der Waals surface area contributed by atoms with Crippen LogP contribution in [0.2, 0.25) is 0 Å². The summed E-state index contributed by atoms with van der Waals surface area (Å²) in [5, 5.41) is 9.07. The zero-order chi connectivity index (χ0) is 16.4. The first kappa shape index (κ1) is 15.3. The highest BCUT2D eigenvalue weighted by Crippen LogP contribution is 2.29. The van der Waals surface area contributed by atoms with Crippen LogP contribution in [-0.2, 0) is 4.79 Å². The molecule has 0 spiro atoms. The van der Waals surface area contributed by atoms with Gasteiger partial charge in [-0.1, -0.05) is 19.1 Å². The summed E-state index contributed by atoms with van der Waals surface area (Å²) in [5.74, 6) is -0.940. The second kappa shape index (κ2) is 6.24. The summed E-state index contributed by atoms with van der Waals surface area (Å²) in [6.07, 6.45) is 4.85. The van der Waals surface area contributed by atoms with E-state index in [4.69, 9.17) is 9.52 Å². The first-order chi connectivity index (χ1) is 11.1. The van der Waals surface area contributed by atoms with Crippen LogP contribution in [0.15, 0.2) is 41.3 Å². The molecular formula is C17H18N2O4. The standard InChI is InChI=1S/C17H18N2O4/c1-11(17(21)22)9-19(14-6-7-14)16(20)13-4-2-12(3-5-13)15-8-18-10-23-15/h2-5,8,10-11,14H,6-7,9H2,1H3,(H,21,22). The Bertz CT molecular complexity index is 690. The lowest BCUT2D eigenvalue weighted by Crippen LogP contribution is -2.38. The summed E-state index contributed by atoms with van der Waals surface area (Å²) in [4.78, 5) is 29.3. The van der Waals surface area contributed by atoms with Crippen molar-refractivity contribution in [3.05, 3.63) is 42.4 Å². The van der Waals surface area contributed by atoms with E-state index in [0.717, 1.165) is 18.4 Å². The molecule has 120 valence electrons. The molecular weight excluding hydrogens is 296 g/mol. The SMILES string of the molecule is CC(CN(C(=O)c1ccc(-c2cnco2)cc1)C1CC1)C(=O)O. The van der Waals surface area contributed by atoms with Gasteiger partial charge in [0.25, 0.3) is 5.91 Å². The highest BCUT2D eigenvalue weighted by molar-refractivity contribution is 5.95. The van der Waals surface area contributed by atoms with E-state index in [-0.39, 0.29) is 18.5 Å². The topological polar surface area (TPSA) is 83.6 Å². The van der Waals surface area contributed by atoms with E-state index >= 15 is 0 Å². The van der Waals surface area contributed by atoms with Gasteiger partial charge in [0, 0.05) is 23.7 Å². The molecule has 0 bridgehead atoms. The molecule has 1 saturated carbocycles. The summed E-state index contributed by atoms with van der Waals surface area (Å²) < 4.78 is 5.22. The zero-order valence-corrected chi connectivity index (χ0v) is 12.8. The predicted octanol–water partition coefficient (Wildman–Crippen LogP) is 2.67. The van der Waals surface area contributed by atoms with Gasteiger partial charge < -0.3 is 14.4 Å². The lowest BCUT2D eigenvalue weighted by molar-refractivity contribution is -0.141. The molecule has 1 atom stereocenters. The molecule has 0 aliphatic heterocycles. The molecule has 2 aromatic rings. The van der Waals surface area contributed by atoms with Gasteiger partial charge >= 0.3 is 5.97 Å². The van der Waals surface area contributed by atoms with Crippen molar-refractivity contribution in [2.24, 2.45) is 5.92 Å². The van der Waals surface area contributed by atoms with Gasteiger partial charge in [0.2, 0.25) is 0 Å². The molecule has 3 rings (SSSR count). The molecule has 1 N–H and O–H groups in total. The number of benzene rings is 1. The summed E-state index contributed by atoms with van der Waals surface area (Å²) in [7, 11) is 0. The van der Waals surface area contributed by atoms with Crippen molar-refractivity contribution in [3.63, 3.8) is 0 Å². The number of amides is 1. The van der Waals surface area contributed by atoms with Crippen molar-refractivity contribution >= 4 is 11.9 Å². The molecule has 1 aromatic heterocycles. The monoisotopic (exact) mass is 314 g/mol.